The van der Waals surface area contributed by atoms with E-state index < -0.39 is 50.4 Å². The zero-order valence-electron chi connectivity index (χ0n) is 11.9. The van der Waals surface area contributed by atoms with Crippen LogP contribution in [0.2, 0.25) is 0 Å². The molecule has 0 heterocycles. The predicted octanol–water partition coefficient (Wildman–Crippen LogP) is 2.13. The lowest BCUT2D eigenvalue weighted by Gasteiger charge is -2.30. The summed E-state index contributed by atoms with van der Waals surface area (Å²) in [6, 6.07) is 1.08. The van der Waals surface area contributed by atoms with Gasteiger partial charge in [0, 0.05) is 6.04 Å². The number of hydrogen-bond donors (Lipinski definition) is 2. The van der Waals surface area contributed by atoms with Gasteiger partial charge < -0.3 is 5.11 Å². The summed E-state index contributed by atoms with van der Waals surface area (Å²) in [7, 11) is -4.37. The monoisotopic (exact) mass is 321 g/mol. The van der Waals surface area contributed by atoms with E-state index in [1.807, 2.05) is 0 Å². The first-order valence-corrected chi connectivity index (χ1v) is 7.61. The Bertz CT molecular complexity index is 638. The number of nitrogens with one attached hydrogen (secondary N) is 1. The van der Waals surface area contributed by atoms with Crippen LogP contribution in [0.25, 0.3) is 0 Å². The summed E-state index contributed by atoms with van der Waals surface area (Å²) >= 11 is 0. The van der Waals surface area contributed by atoms with E-state index in [1.165, 1.54) is 0 Å². The summed E-state index contributed by atoms with van der Waals surface area (Å²) in [5, 5.41) is 8.84. The van der Waals surface area contributed by atoms with Gasteiger partial charge in [-0.1, -0.05) is 20.8 Å². The minimum absolute atomic E-state index is 0.473. The Morgan fingerprint density at radius 2 is 1.90 bits per heavy atom. The van der Waals surface area contributed by atoms with Gasteiger partial charge in [0.15, 0.2) is 0 Å². The van der Waals surface area contributed by atoms with Crippen LogP contribution >= 0.6 is 0 Å². The zero-order valence-corrected chi connectivity index (χ0v) is 12.7. The maximum absolute atomic E-state index is 13.6. The standard InChI is InChI=1S/C13H17F2NO4S/c1-13(2,3)11(7-12(17)18)16-21(19,20)10-6-8(14)4-5-9(10)15/h4-6,11,16H,7H2,1-3H3,(H,17,18). The molecule has 1 aromatic rings. The molecule has 1 atom stereocenters. The molecule has 0 aliphatic rings. The number of carboxylic acid groups (broad SMARTS) is 1. The molecule has 0 aromatic heterocycles. The summed E-state index contributed by atoms with van der Waals surface area (Å²) < 4.78 is 53.1. The van der Waals surface area contributed by atoms with Crippen LogP contribution in [-0.4, -0.2) is 25.5 Å². The minimum Gasteiger partial charge on any atom is -0.481 e. The highest BCUT2D eigenvalue weighted by molar-refractivity contribution is 7.89. The molecule has 0 aliphatic heterocycles. The van der Waals surface area contributed by atoms with Gasteiger partial charge in [0.1, 0.15) is 16.5 Å². The topological polar surface area (TPSA) is 83.5 Å². The molecule has 0 amide bonds. The Hall–Kier alpha value is -1.54. The third kappa shape index (κ3) is 4.75. The van der Waals surface area contributed by atoms with E-state index in [0.29, 0.717) is 12.1 Å². The van der Waals surface area contributed by atoms with Crippen molar-refractivity contribution >= 4 is 16.0 Å². The minimum atomic E-state index is -4.37. The van der Waals surface area contributed by atoms with E-state index in [9.17, 15) is 22.0 Å². The normalized spacial score (nSPS) is 14.0. The zero-order chi connectivity index (χ0) is 16.4. The first-order valence-electron chi connectivity index (χ1n) is 6.12. The van der Waals surface area contributed by atoms with E-state index in [2.05, 4.69) is 4.72 Å². The fourth-order valence-electron chi connectivity index (χ4n) is 1.63. The van der Waals surface area contributed by atoms with Gasteiger partial charge in [0.2, 0.25) is 10.0 Å². The highest BCUT2D eigenvalue weighted by atomic mass is 32.2. The number of sulfonamides is 1. The summed E-state index contributed by atoms with van der Waals surface area (Å²) in [4.78, 5) is 9.99. The van der Waals surface area contributed by atoms with Crippen LogP contribution in [0.3, 0.4) is 0 Å². The van der Waals surface area contributed by atoms with Crippen LogP contribution in [0, 0.1) is 17.0 Å². The summed E-state index contributed by atoms with van der Waals surface area (Å²) in [5.41, 5.74) is -0.713. The molecular formula is C13H17F2NO4S. The second-order valence-electron chi connectivity index (χ2n) is 5.71. The molecular weight excluding hydrogens is 304 g/mol. The average Bonchev–Trinajstić information content (AvgIpc) is 2.29. The second-order valence-corrected chi connectivity index (χ2v) is 7.39. The van der Waals surface area contributed by atoms with Crippen LogP contribution in [-0.2, 0) is 14.8 Å². The molecule has 0 saturated carbocycles. The highest BCUT2D eigenvalue weighted by Crippen LogP contribution is 2.25. The Labute approximate surface area is 122 Å². The van der Waals surface area contributed by atoms with E-state index in [1.54, 1.807) is 20.8 Å². The summed E-state index contributed by atoms with van der Waals surface area (Å²) in [6.07, 6.45) is -0.473. The van der Waals surface area contributed by atoms with Gasteiger partial charge in [-0.05, 0) is 23.6 Å². The molecule has 0 bridgehead atoms. The molecule has 0 aliphatic carbocycles. The van der Waals surface area contributed by atoms with Crippen molar-refractivity contribution in [3.63, 3.8) is 0 Å². The van der Waals surface area contributed by atoms with Crippen molar-refractivity contribution in [2.45, 2.75) is 38.1 Å². The van der Waals surface area contributed by atoms with Gasteiger partial charge in [-0.15, -0.1) is 0 Å². The van der Waals surface area contributed by atoms with Crippen LogP contribution in [0.5, 0.6) is 0 Å². The van der Waals surface area contributed by atoms with Gasteiger partial charge in [-0.2, -0.15) is 0 Å². The molecule has 0 radical (unpaired) electrons. The summed E-state index contributed by atoms with van der Waals surface area (Å²) in [6.45, 7) is 4.93. The van der Waals surface area contributed by atoms with Crippen molar-refractivity contribution in [3.05, 3.63) is 29.8 Å². The van der Waals surface area contributed by atoms with Crippen molar-refractivity contribution in [1.29, 1.82) is 0 Å². The molecule has 0 saturated heterocycles. The Morgan fingerprint density at radius 1 is 1.33 bits per heavy atom. The Balaban J connectivity index is 3.17. The number of aliphatic carboxylic acids is 1. The number of carboxylic acids is 1. The molecule has 1 rings (SSSR count). The van der Waals surface area contributed by atoms with Crippen molar-refractivity contribution < 1.29 is 27.1 Å². The highest BCUT2D eigenvalue weighted by Gasteiger charge is 2.32. The number of benzene rings is 1. The van der Waals surface area contributed by atoms with Gasteiger partial charge in [-0.25, -0.2) is 21.9 Å². The number of rotatable bonds is 5. The van der Waals surface area contributed by atoms with Gasteiger partial charge in [-0.3, -0.25) is 4.79 Å². The van der Waals surface area contributed by atoms with Crippen molar-refractivity contribution in [2.75, 3.05) is 0 Å². The molecule has 21 heavy (non-hydrogen) atoms. The predicted molar refractivity (Wildman–Crippen MR) is 72.2 cm³/mol. The molecule has 118 valence electrons. The maximum Gasteiger partial charge on any atom is 0.304 e. The maximum atomic E-state index is 13.6. The van der Waals surface area contributed by atoms with Crippen molar-refractivity contribution in [2.24, 2.45) is 5.41 Å². The first-order chi connectivity index (χ1) is 9.43. The fourth-order valence-corrected chi connectivity index (χ4v) is 3.16. The quantitative estimate of drug-likeness (QED) is 0.870. The van der Waals surface area contributed by atoms with E-state index in [0.717, 1.165) is 6.07 Å². The molecule has 5 nitrogen and oxygen atoms in total. The van der Waals surface area contributed by atoms with Crippen molar-refractivity contribution in [1.82, 2.24) is 4.72 Å². The first kappa shape index (κ1) is 17.5. The van der Waals surface area contributed by atoms with E-state index in [-0.39, 0.29) is 0 Å². The van der Waals surface area contributed by atoms with Crippen LogP contribution < -0.4 is 4.72 Å². The van der Waals surface area contributed by atoms with Crippen LogP contribution in [0.1, 0.15) is 27.2 Å². The molecule has 2 N–H and O–H groups in total. The average molecular weight is 321 g/mol. The fraction of sp³-hybridized carbons (Fsp3) is 0.462. The van der Waals surface area contributed by atoms with Gasteiger partial charge in [0.05, 0.1) is 6.42 Å². The van der Waals surface area contributed by atoms with Gasteiger partial charge in [0.25, 0.3) is 0 Å². The van der Waals surface area contributed by atoms with E-state index in [4.69, 9.17) is 5.11 Å². The number of carbonyl (C=O) groups is 1. The van der Waals surface area contributed by atoms with E-state index >= 15 is 0 Å². The van der Waals surface area contributed by atoms with Crippen LogP contribution in [0.15, 0.2) is 23.1 Å². The summed E-state index contributed by atoms with van der Waals surface area (Å²) in [5.74, 6) is -3.20. The second kappa shape index (κ2) is 6.07. The molecule has 0 spiro atoms. The molecule has 8 heteroatoms. The largest absolute Gasteiger partial charge is 0.481 e. The third-order valence-electron chi connectivity index (χ3n) is 2.90. The lowest BCUT2D eigenvalue weighted by Crippen LogP contribution is -2.45. The third-order valence-corrected chi connectivity index (χ3v) is 4.39. The van der Waals surface area contributed by atoms with Gasteiger partial charge >= 0.3 is 5.97 Å². The number of hydrogen-bond acceptors (Lipinski definition) is 3. The Kier molecular flexibility index (Phi) is 5.06. The lowest BCUT2D eigenvalue weighted by molar-refractivity contribution is -0.138. The van der Waals surface area contributed by atoms with Crippen molar-refractivity contribution in [3.8, 4) is 0 Å². The van der Waals surface area contributed by atoms with Crippen LogP contribution in [0.4, 0.5) is 8.78 Å². The Morgan fingerprint density at radius 3 is 2.38 bits per heavy atom. The lowest BCUT2D eigenvalue weighted by atomic mass is 9.85. The molecule has 0 fully saturated rings. The number of halogens is 2. The molecule has 1 aromatic carbocycles. The smallest absolute Gasteiger partial charge is 0.304 e. The molecule has 1 unspecified atom stereocenters. The SMILES string of the molecule is CC(C)(C)C(CC(=O)O)NS(=O)(=O)c1cc(F)ccc1F.